The summed E-state index contributed by atoms with van der Waals surface area (Å²) in [5.41, 5.74) is 0.804. The van der Waals surface area contributed by atoms with Crippen molar-refractivity contribution in [1.29, 1.82) is 0 Å². The van der Waals surface area contributed by atoms with Gasteiger partial charge in [-0.25, -0.2) is 22.5 Å². The van der Waals surface area contributed by atoms with Crippen LogP contribution < -0.4 is 15.5 Å². The summed E-state index contributed by atoms with van der Waals surface area (Å²) >= 11 is 0. The van der Waals surface area contributed by atoms with E-state index < -0.39 is 24.0 Å². The number of allylic oxidation sites excluding steroid dienone is 8. The fourth-order valence-electron chi connectivity index (χ4n) is 3.95. The van der Waals surface area contributed by atoms with E-state index in [4.69, 9.17) is 0 Å². The van der Waals surface area contributed by atoms with Crippen molar-refractivity contribution in [2.24, 2.45) is 10.9 Å². The van der Waals surface area contributed by atoms with Gasteiger partial charge in [0.1, 0.15) is 17.5 Å². The second-order valence-electron chi connectivity index (χ2n) is 9.32. The molecular weight excluding hydrogens is 500 g/mol. The number of aliphatic imine (C=N–C) groups is 1. The molecule has 0 saturated heterocycles. The molecule has 0 fully saturated rings. The molecule has 0 aromatic carbocycles. The number of imidazole rings is 1. The smallest absolute Gasteiger partial charge is 0.277 e. The number of hydrogen-bond donors (Lipinski definition) is 2. The summed E-state index contributed by atoms with van der Waals surface area (Å²) in [4.78, 5) is 24.2. The van der Waals surface area contributed by atoms with Gasteiger partial charge in [-0.1, -0.05) is 31.9 Å². The molecule has 1 amide bonds. The Balaban J connectivity index is 2.76. The zero-order chi connectivity index (χ0) is 28.6. The highest BCUT2D eigenvalue weighted by atomic mass is 19.3. The number of hydrogen-bond acceptors (Lipinski definition) is 5. The van der Waals surface area contributed by atoms with Gasteiger partial charge in [-0.05, 0) is 51.3 Å². The molecule has 210 valence electrons. The third kappa shape index (κ3) is 7.58. The van der Waals surface area contributed by atoms with Gasteiger partial charge in [-0.3, -0.25) is 9.79 Å². The molecule has 0 aliphatic carbocycles. The van der Waals surface area contributed by atoms with E-state index in [1.807, 2.05) is 4.90 Å². The second-order valence-corrected chi connectivity index (χ2v) is 9.32. The van der Waals surface area contributed by atoms with Crippen LogP contribution in [0.15, 0.2) is 46.1 Å². The molecule has 2 atom stereocenters. The van der Waals surface area contributed by atoms with Gasteiger partial charge in [-0.15, -0.1) is 0 Å². The maximum atomic E-state index is 14.1. The van der Waals surface area contributed by atoms with Crippen LogP contribution in [0.5, 0.6) is 0 Å². The first-order valence-corrected chi connectivity index (χ1v) is 12.7. The van der Waals surface area contributed by atoms with Crippen LogP contribution in [-0.2, 0) is 6.54 Å². The Kier molecular flexibility index (Phi) is 11.3. The number of carbonyl (C=O) groups excluding carboxylic acids is 1. The van der Waals surface area contributed by atoms with Crippen LogP contribution in [0.1, 0.15) is 64.3 Å². The maximum absolute atomic E-state index is 14.1. The van der Waals surface area contributed by atoms with Crippen molar-refractivity contribution in [2.75, 3.05) is 25.0 Å². The molecule has 2 rings (SSSR count). The molecule has 38 heavy (non-hydrogen) atoms. The SMILES string of the molecule is CCNC(=O)c1nc(/C(C)=C/C=C(\NC)C(F)F)n(C/C(C)=C/C(F)=C(\C)F)c1N1C=NC([C@@H](C)CC)C1. The number of aromatic nitrogens is 2. The van der Waals surface area contributed by atoms with E-state index in [0.717, 1.165) is 19.4 Å². The minimum absolute atomic E-state index is 0.00360. The monoisotopic (exact) mass is 538 g/mol. The first-order valence-electron chi connectivity index (χ1n) is 12.7. The van der Waals surface area contributed by atoms with Gasteiger partial charge in [0.25, 0.3) is 12.3 Å². The molecular formula is C27H38F4N6O. The Morgan fingerprint density at radius 1 is 1.21 bits per heavy atom. The number of anilines is 1. The van der Waals surface area contributed by atoms with E-state index >= 15 is 0 Å². The molecule has 7 nitrogen and oxygen atoms in total. The van der Waals surface area contributed by atoms with E-state index in [-0.39, 0.29) is 24.0 Å². The van der Waals surface area contributed by atoms with E-state index in [1.54, 1.807) is 31.7 Å². The predicted molar refractivity (Wildman–Crippen MR) is 145 cm³/mol. The van der Waals surface area contributed by atoms with Crippen molar-refractivity contribution in [3.05, 3.63) is 52.7 Å². The summed E-state index contributed by atoms with van der Waals surface area (Å²) in [6.07, 6.45) is 3.70. The molecule has 2 N–H and O–H groups in total. The number of nitrogens with zero attached hydrogens (tertiary/aromatic N) is 4. The van der Waals surface area contributed by atoms with E-state index in [0.29, 0.717) is 41.8 Å². The summed E-state index contributed by atoms with van der Waals surface area (Å²) < 4.78 is 55.7. The van der Waals surface area contributed by atoms with Crippen LogP contribution in [0, 0.1) is 5.92 Å². The summed E-state index contributed by atoms with van der Waals surface area (Å²) in [6.45, 7) is 11.2. The van der Waals surface area contributed by atoms with Gasteiger partial charge in [0.05, 0.1) is 18.1 Å². The molecule has 1 aliphatic rings. The normalized spacial score (nSPS) is 18.3. The fraction of sp³-hybridized carbons (Fsp3) is 0.519. The van der Waals surface area contributed by atoms with Crippen LogP contribution in [-0.4, -0.2) is 54.4 Å². The maximum Gasteiger partial charge on any atom is 0.277 e. The van der Waals surface area contributed by atoms with E-state index in [1.165, 1.54) is 19.2 Å². The standard InChI is InChI=1S/C27H38F4N6O/c1-8-17(4)22-14-36(15-34-22)27-23(26(38)33-9-2)35-25(18(5)10-11-21(32-7)24(30)31)37(27)13-16(3)12-20(29)19(6)28/h10-12,15,17,22,24,32H,8-9,13-14H2,1-7H3,(H,33,38)/b16-12+,18-10+,20-19-,21-11-/t17-,22?/m0/s1. The molecule has 11 heteroatoms. The van der Waals surface area contributed by atoms with Crippen molar-refractivity contribution >= 4 is 23.6 Å². The number of alkyl halides is 2. The molecule has 0 radical (unpaired) electrons. The molecule has 1 unspecified atom stereocenters. The van der Waals surface area contributed by atoms with Crippen molar-refractivity contribution in [2.45, 2.75) is 67.0 Å². The Bertz CT molecular complexity index is 1140. The molecule has 1 aromatic rings. The average Bonchev–Trinajstić information content (AvgIpc) is 3.48. The highest BCUT2D eigenvalue weighted by molar-refractivity contribution is 6.00. The quantitative estimate of drug-likeness (QED) is 0.261. The van der Waals surface area contributed by atoms with Crippen molar-refractivity contribution < 1.29 is 22.4 Å². The Morgan fingerprint density at radius 2 is 1.89 bits per heavy atom. The van der Waals surface area contributed by atoms with Gasteiger partial charge in [0.15, 0.2) is 11.5 Å². The Labute approximate surface area is 222 Å². The number of carbonyl (C=O) groups is 1. The van der Waals surface area contributed by atoms with E-state index in [9.17, 15) is 22.4 Å². The summed E-state index contributed by atoms with van der Waals surface area (Å²) in [5, 5.41) is 5.23. The molecule has 2 heterocycles. The van der Waals surface area contributed by atoms with Gasteiger partial charge in [-0.2, -0.15) is 0 Å². The lowest BCUT2D eigenvalue weighted by Crippen LogP contribution is -2.31. The second kappa shape index (κ2) is 14.0. The number of rotatable bonds is 12. The van der Waals surface area contributed by atoms with E-state index in [2.05, 4.69) is 34.5 Å². The lowest BCUT2D eigenvalue weighted by molar-refractivity contribution is 0.0952. The highest BCUT2D eigenvalue weighted by Gasteiger charge is 2.31. The van der Waals surface area contributed by atoms with Gasteiger partial charge in [0, 0.05) is 26.7 Å². The predicted octanol–water partition coefficient (Wildman–Crippen LogP) is 5.78. The van der Waals surface area contributed by atoms with Crippen LogP contribution in [0.3, 0.4) is 0 Å². The first-order chi connectivity index (χ1) is 17.9. The fourth-order valence-corrected chi connectivity index (χ4v) is 3.95. The molecule has 1 aromatic heterocycles. The first kappa shape index (κ1) is 30.9. The number of nitrogens with one attached hydrogen (secondary N) is 2. The average molecular weight is 539 g/mol. The zero-order valence-electron chi connectivity index (χ0n) is 23.1. The molecule has 1 aliphatic heterocycles. The van der Waals surface area contributed by atoms with Crippen molar-refractivity contribution in [1.82, 2.24) is 20.2 Å². The number of halogens is 4. The van der Waals surface area contributed by atoms with Gasteiger partial charge in [0.2, 0.25) is 0 Å². The van der Waals surface area contributed by atoms with Crippen LogP contribution in [0.4, 0.5) is 23.4 Å². The van der Waals surface area contributed by atoms with Crippen LogP contribution in [0.2, 0.25) is 0 Å². The summed E-state index contributed by atoms with van der Waals surface area (Å²) in [6, 6.07) is 0.00360. The molecule has 0 bridgehead atoms. The van der Waals surface area contributed by atoms with Gasteiger partial charge >= 0.3 is 0 Å². The number of amides is 1. The van der Waals surface area contributed by atoms with Crippen LogP contribution in [0.25, 0.3) is 5.57 Å². The topological polar surface area (TPSA) is 74.6 Å². The van der Waals surface area contributed by atoms with Crippen molar-refractivity contribution in [3.63, 3.8) is 0 Å². The third-order valence-electron chi connectivity index (χ3n) is 6.35. The summed E-state index contributed by atoms with van der Waals surface area (Å²) in [5.74, 6) is -1.29. The minimum atomic E-state index is -2.70. The lowest BCUT2D eigenvalue weighted by Gasteiger charge is -2.22. The summed E-state index contributed by atoms with van der Waals surface area (Å²) in [7, 11) is 1.40. The third-order valence-corrected chi connectivity index (χ3v) is 6.35. The minimum Gasteiger partial charge on any atom is -0.387 e. The Hall–Kier alpha value is -3.37. The van der Waals surface area contributed by atoms with Crippen LogP contribution >= 0.6 is 0 Å². The molecule has 0 spiro atoms. The Morgan fingerprint density at radius 3 is 2.45 bits per heavy atom. The lowest BCUT2D eigenvalue weighted by atomic mass is 10.0. The molecule has 0 saturated carbocycles. The van der Waals surface area contributed by atoms with Gasteiger partial charge < -0.3 is 20.1 Å². The largest absolute Gasteiger partial charge is 0.387 e. The zero-order valence-corrected chi connectivity index (χ0v) is 23.1. The highest BCUT2D eigenvalue weighted by Crippen LogP contribution is 2.31. The van der Waals surface area contributed by atoms with Crippen molar-refractivity contribution in [3.8, 4) is 0 Å².